The lowest BCUT2D eigenvalue weighted by atomic mass is 10.2. The third kappa shape index (κ3) is 5.52. The first-order valence-corrected chi connectivity index (χ1v) is 6.58. The van der Waals surface area contributed by atoms with Crippen molar-refractivity contribution < 1.29 is 18.3 Å². The van der Waals surface area contributed by atoms with E-state index in [0.29, 0.717) is 12.1 Å². The van der Waals surface area contributed by atoms with E-state index in [2.05, 4.69) is 15.4 Å². The molecule has 1 aromatic rings. The van der Waals surface area contributed by atoms with Crippen molar-refractivity contribution in [1.82, 2.24) is 10.6 Å². The number of halogens is 2. The van der Waals surface area contributed by atoms with E-state index in [4.69, 9.17) is 0 Å². The number of ether oxygens (including phenoxy) is 1. The zero-order valence-corrected chi connectivity index (χ0v) is 11.7. The predicted molar refractivity (Wildman–Crippen MR) is 72.7 cm³/mol. The zero-order chi connectivity index (χ0) is 15.0. The average Bonchev–Trinajstić information content (AvgIpc) is 2.42. The van der Waals surface area contributed by atoms with Gasteiger partial charge in [0.2, 0.25) is 5.91 Å². The summed E-state index contributed by atoms with van der Waals surface area (Å²) in [4.78, 5) is 11.7. The van der Waals surface area contributed by atoms with Crippen LogP contribution in [0.1, 0.15) is 25.8 Å². The number of hydrogen-bond acceptors (Lipinski definition) is 3. The molecule has 0 fully saturated rings. The summed E-state index contributed by atoms with van der Waals surface area (Å²) in [6.07, 6.45) is 0.865. The maximum absolute atomic E-state index is 12.3. The number of nitrogens with one attached hydrogen (secondary N) is 2. The smallest absolute Gasteiger partial charge is 0.387 e. The Hall–Kier alpha value is -1.69. The van der Waals surface area contributed by atoms with Crippen molar-refractivity contribution in [2.45, 2.75) is 39.5 Å². The third-order valence-corrected chi connectivity index (χ3v) is 2.73. The van der Waals surface area contributed by atoms with Crippen LogP contribution in [0, 0.1) is 0 Å². The molecule has 2 N–H and O–H groups in total. The number of carbonyl (C=O) groups excluding carboxylic acids is 1. The fourth-order valence-corrected chi connectivity index (χ4v) is 1.62. The van der Waals surface area contributed by atoms with Gasteiger partial charge < -0.3 is 15.4 Å². The largest absolute Gasteiger partial charge is 0.434 e. The normalized spacial score (nSPS) is 12.2. The summed E-state index contributed by atoms with van der Waals surface area (Å²) in [6, 6.07) is 6.11. The summed E-state index contributed by atoms with van der Waals surface area (Å²) >= 11 is 0. The highest BCUT2D eigenvalue weighted by Gasteiger charge is 2.13. The molecule has 1 rings (SSSR count). The van der Waals surface area contributed by atoms with Gasteiger partial charge in [0, 0.05) is 18.7 Å². The molecular formula is C14H20F2N2O2. The van der Waals surface area contributed by atoms with Crippen molar-refractivity contribution in [3.63, 3.8) is 0 Å². The van der Waals surface area contributed by atoms with Crippen molar-refractivity contribution in [3.05, 3.63) is 29.8 Å². The number of carbonyl (C=O) groups is 1. The topological polar surface area (TPSA) is 50.4 Å². The average molecular weight is 286 g/mol. The molecule has 0 aromatic heterocycles. The minimum Gasteiger partial charge on any atom is -0.434 e. The summed E-state index contributed by atoms with van der Waals surface area (Å²) < 4.78 is 28.9. The summed E-state index contributed by atoms with van der Waals surface area (Å²) in [6.45, 7) is 1.73. The minimum absolute atomic E-state index is 0.112. The Morgan fingerprint density at radius 1 is 1.35 bits per heavy atom. The van der Waals surface area contributed by atoms with Crippen LogP contribution >= 0.6 is 0 Å². The van der Waals surface area contributed by atoms with Crippen LogP contribution in [0.15, 0.2) is 24.3 Å². The van der Waals surface area contributed by atoms with Crippen molar-refractivity contribution in [2.24, 2.45) is 0 Å². The summed E-state index contributed by atoms with van der Waals surface area (Å²) in [7, 11) is 0. The fourth-order valence-electron chi connectivity index (χ4n) is 1.62. The van der Waals surface area contributed by atoms with E-state index in [1.54, 1.807) is 25.1 Å². The highest BCUT2D eigenvalue weighted by molar-refractivity contribution is 5.81. The van der Waals surface area contributed by atoms with Gasteiger partial charge in [-0.15, -0.1) is 0 Å². The Morgan fingerprint density at radius 3 is 2.70 bits per heavy atom. The van der Waals surface area contributed by atoms with Crippen LogP contribution in [0.4, 0.5) is 8.78 Å². The van der Waals surface area contributed by atoms with Crippen molar-refractivity contribution in [1.29, 1.82) is 0 Å². The Balaban J connectivity index is 2.54. The number of amides is 1. The first kappa shape index (κ1) is 16.4. The summed E-state index contributed by atoms with van der Waals surface area (Å²) in [5.74, 6) is 0.00951. The van der Waals surface area contributed by atoms with E-state index in [-0.39, 0.29) is 18.2 Å². The molecule has 1 unspecified atom stereocenters. The quantitative estimate of drug-likeness (QED) is 0.771. The Kier molecular flexibility index (Phi) is 6.93. The Labute approximate surface area is 117 Å². The van der Waals surface area contributed by atoms with Crippen LogP contribution < -0.4 is 15.4 Å². The lowest BCUT2D eigenvalue weighted by molar-refractivity contribution is -0.122. The maximum Gasteiger partial charge on any atom is 0.387 e. The molecule has 0 saturated heterocycles. The monoisotopic (exact) mass is 286 g/mol. The van der Waals surface area contributed by atoms with Crippen LogP contribution in [0.25, 0.3) is 0 Å². The highest BCUT2D eigenvalue weighted by Crippen LogP contribution is 2.20. The maximum atomic E-state index is 12.3. The number of rotatable bonds is 8. The van der Waals surface area contributed by atoms with Gasteiger partial charge in [0.1, 0.15) is 5.75 Å². The molecule has 0 radical (unpaired) electrons. The molecule has 0 bridgehead atoms. The van der Waals surface area contributed by atoms with E-state index in [1.807, 2.05) is 6.92 Å². The number of hydrogen-bond donors (Lipinski definition) is 2. The molecule has 0 aliphatic heterocycles. The SMILES string of the molecule is CCCNC(=O)C(C)NCc1ccccc1OC(F)F. The molecule has 0 aliphatic carbocycles. The predicted octanol–water partition coefficient (Wildman–Crippen LogP) is 2.29. The first-order valence-electron chi connectivity index (χ1n) is 6.58. The second kappa shape index (κ2) is 8.47. The molecule has 112 valence electrons. The molecule has 0 saturated carbocycles. The van der Waals surface area contributed by atoms with Gasteiger partial charge >= 0.3 is 6.61 Å². The van der Waals surface area contributed by atoms with Crippen LogP contribution in [0.3, 0.4) is 0 Å². The lowest BCUT2D eigenvalue weighted by Gasteiger charge is -2.15. The third-order valence-electron chi connectivity index (χ3n) is 2.73. The number of alkyl halides is 2. The van der Waals surface area contributed by atoms with E-state index in [0.717, 1.165) is 6.42 Å². The second-order valence-electron chi connectivity index (χ2n) is 4.38. The minimum atomic E-state index is -2.86. The Morgan fingerprint density at radius 2 is 2.05 bits per heavy atom. The number of para-hydroxylation sites is 1. The van der Waals surface area contributed by atoms with E-state index in [1.165, 1.54) is 6.07 Å². The summed E-state index contributed by atoms with van der Waals surface area (Å²) in [5, 5.41) is 5.75. The molecule has 1 amide bonds. The van der Waals surface area contributed by atoms with Crippen LogP contribution in [0.2, 0.25) is 0 Å². The van der Waals surface area contributed by atoms with Gasteiger partial charge in [0.25, 0.3) is 0 Å². The van der Waals surface area contributed by atoms with Gasteiger partial charge in [0.15, 0.2) is 0 Å². The fraction of sp³-hybridized carbons (Fsp3) is 0.500. The molecule has 20 heavy (non-hydrogen) atoms. The molecule has 0 heterocycles. The van der Waals surface area contributed by atoms with Crippen LogP contribution in [-0.2, 0) is 11.3 Å². The van der Waals surface area contributed by atoms with Gasteiger partial charge in [-0.3, -0.25) is 4.79 Å². The van der Waals surface area contributed by atoms with Crippen molar-refractivity contribution in [2.75, 3.05) is 6.54 Å². The van der Waals surface area contributed by atoms with Gasteiger partial charge in [-0.2, -0.15) is 8.78 Å². The molecular weight excluding hydrogens is 266 g/mol. The van der Waals surface area contributed by atoms with Gasteiger partial charge in [-0.1, -0.05) is 25.1 Å². The van der Waals surface area contributed by atoms with E-state index < -0.39 is 12.7 Å². The molecule has 1 aromatic carbocycles. The molecule has 0 aliphatic rings. The molecule has 6 heteroatoms. The van der Waals surface area contributed by atoms with Gasteiger partial charge in [-0.25, -0.2) is 0 Å². The van der Waals surface area contributed by atoms with E-state index >= 15 is 0 Å². The van der Waals surface area contributed by atoms with Crippen molar-refractivity contribution >= 4 is 5.91 Å². The standard InChI is InChI=1S/C14H20F2N2O2/c1-3-8-17-13(19)10(2)18-9-11-6-4-5-7-12(11)20-14(15)16/h4-7,10,14,18H,3,8-9H2,1-2H3,(H,17,19). The highest BCUT2D eigenvalue weighted by atomic mass is 19.3. The van der Waals surface area contributed by atoms with Gasteiger partial charge in [0.05, 0.1) is 6.04 Å². The first-order chi connectivity index (χ1) is 9.54. The van der Waals surface area contributed by atoms with E-state index in [9.17, 15) is 13.6 Å². The number of benzene rings is 1. The molecule has 0 spiro atoms. The second-order valence-corrected chi connectivity index (χ2v) is 4.38. The van der Waals surface area contributed by atoms with Crippen LogP contribution in [0.5, 0.6) is 5.75 Å². The molecule has 1 atom stereocenters. The van der Waals surface area contributed by atoms with Crippen molar-refractivity contribution in [3.8, 4) is 5.75 Å². The Bertz CT molecular complexity index is 427. The molecule has 4 nitrogen and oxygen atoms in total. The zero-order valence-electron chi connectivity index (χ0n) is 11.7. The van der Waals surface area contributed by atoms with Gasteiger partial charge in [-0.05, 0) is 19.4 Å². The van der Waals surface area contributed by atoms with Crippen LogP contribution in [-0.4, -0.2) is 25.1 Å². The lowest BCUT2D eigenvalue weighted by Crippen LogP contribution is -2.42. The summed E-state index contributed by atoms with van der Waals surface area (Å²) in [5.41, 5.74) is 0.586.